The minimum atomic E-state index is 0.424. The van der Waals surface area contributed by atoms with Crippen molar-refractivity contribution in [1.29, 1.82) is 0 Å². The standard InChI is InChI=1S/C16H28N6/c1-11(2)9-22-7-6-13(10-22)19-15-14(17)8-18-16(21-15)20-12-4-3-5-12/h8,11-13H,3-7,9-10,17H2,1-2H3,(H2,18,19,20,21). The topological polar surface area (TPSA) is 79.1 Å². The van der Waals surface area contributed by atoms with Crippen molar-refractivity contribution < 1.29 is 0 Å². The third-order valence-electron chi connectivity index (χ3n) is 4.49. The van der Waals surface area contributed by atoms with Crippen LogP contribution in [0.2, 0.25) is 0 Å². The van der Waals surface area contributed by atoms with E-state index in [1.54, 1.807) is 6.20 Å². The van der Waals surface area contributed by atoms with E-state index in [2.05, 4.69) is 39.3 Å². The number of hydrogen-bond donors (Lipinski definition) is 3. The first-order chi connectivity index (χ1) is 10.6. The van der Waals surface area contributed by atoms with Crippen LogP contribution in [0.1, 0.15) is 39.5 Å². The number of aromatic nitrogens is 2. The maximum Gasteiger partial charge on any atom is 0.224 e. The normalized spacial score (nSPS) is 22.8. The summed E-state index contributed by atoms with van der Waals surface area (Å²) in [7, 11) is 0. The molecule has 2 heterocycles. The van der Waals surface area contributed by atoms with E-state index in [9.17, 15) is 0 Å². The third-order valence-corrected chi connectivity index (χ3v) is 4.49. The SMILES string of the molecule is CC(C)CN1CCC(Nc2nc(NC3CCC3)ncc2N)C1. The fourth-order valence-electron chi connectivity index (χ4n) is 3.14. The Labute approximate surface area is 132 Å². The van der Waals surface area contributed by atoms with Crippen molar-refractivity contribution in [2.45, 2.75) is 51.6 Å². The van der Waals surface area contributed by atoms with Crippen LogP contribution in [-0.2, 0) is 0 Å². The molecule has 6 nitrogen and oxygen atoms in total. The molecule has 0 amide bonds. The lowest BCUT2D eigenvalue weighted by atomic mass is 9.93. The highest BCUT2D eigenvalue weighted by atomic mass is 15.2. The van der Waals surface area contributed by atoms with Gasteiger partial charge in [0.1, 0.15) is 0 Å². The summed E-state index contributed by atoms with van der Waals surface area (Å²) in [6.45, 7) is 7.90. The van der Waals surface area contributed by atoms with Crippen LogP contribution in [-0.4, -0.2) is 46.6 Å². The predicted molar refractivity (Wildman–Crippen MR) is 91.0 cm³/mol. The van der Waals surface area contributed by atoms with Gasteiger partial charge in [-0.2, -0.15) is 4.98 Å². The number of nitrogens with one attached hydrogen (secondary N) is 2. The molecular formula is C16H28N6. The van der Waals surface area contributed by atoms with Crippen molar-refractivity contribution in [3.05, 3.63) is 6.20 Å². The predicted octanol–water partition coefficient (Wildman–Crippen LogP) is 2.17. The average molecular weight is 304 g/mol. The molecule has 1 atom stereocenters. The molecule has 0 bridgehead atoms. The molecule has 122 valence electrons. The van der Waals surface area contributed by atoms with Crippen LogP contribution >= 0.6 is 0 Å². The lowest BCUT2D eigenvalue weighted by Gasteiger charge is -2.26. The third kappa shape index (κ3) is 3.80. The number of nitrogens with zero attached hydrogens (tertiary/aromatic N) is 3. The zero-order chi connectivity index (χ0) is 15.5. The van der Waals surface area contributed by atoms with Crippen molar-refractivity contribution in [3.8, 4) is 0 Å². The maximum atomic E-state index is 6.03. The molecule has 1 aromatic rings. The van der Waals surface area contributed by atoms with Crippen LogP contribution < -0.4 is 16.4 Å². The Morgan fingerprint density at radius 2 is 2.09 bits per heavy atom. The second-order valence-corrected chi connectivity index (χ2v) is 7.05. The fourth-order valence-corrected chi connectivity index (χ4v) is 3.14. The smallest absolute Gasteiger partial charge is 0.224 e. The summed E-state index contributed by atoms with van der Waals surface area (Å²) in [5.74, 6) is 2.17. The lowest BCUT2D eigenvalue weighted by molar-refractivity contribution is 0.296. The molecule has 22 heavy (non-hydrogen) atoms. The molecule has 4 N–H and O–H groups in total. The van der Waals surface area contributed by atoms with Crippen molar-refractivity contribution in [2.24, 2.45) is 5.92 Å². The van der Waals surface area contributed by atoms with Gasteiger partial charge in [-0.3, -0.25) is 0 Å². The van der Waals surface area contributed by atoms with Gasteiger partial charge in [0.2, 0.25) is 5.95 Å². The number of nitrogen functional groups attached to an aromatic ring is 1. The van der Waals surface area contributed by atoms with Crippen molar-refractivity contribution in [1.82, 2.24) is 14.9 Å². The highest BCUT2D eigenvalue weighted by molar-refractivity contribution is 5.62. The molecule has 1 saturated carbocycles. The minimum Gasteiger partial charge on any atom is -0.394 e. The van der Waals surface area contributed by atoms with Crippen LogP contribution in [0.15, 0.2) is 6.20 Å². The molecule has 2 fully saturated rings. The monoisotopic (exact) mass is 304 g/mol. The molecule has 0 spiro atoms. The molecule has 6 heteroatoms. The van der Waals surface area contributed by atoms with Crippen LogP contribution in [0, 0.1) is 5.92 Å². The van der Waals surface area contributed by atoms with Gasteiger partial charge in [-0.15, -0.1) is 0 Å². The zero-order valence-corrected chi connectivity index (χ0v) is 13.7. The molecule has 1 saturated heterocycles. The van der Waals surface area contributed by atoms with E-state index < -0.39 is 0 Å². The molecule has 1 unspecified atom stereocenters. The molecule has 1 aromatic heterocycles. The minimum absolute atomic E-state index is 0.424. The summed E-state index contributed by atoms with van der Waals surface area (Å²) < 4.78 is 0. The summed E-state index contributed by atoms with van der Waals surface area (Å²) in [4.78, 5) is 11.4. The van der Waals surface area contributed by atoms with Gasteiger partial charge in [0.15, 0.2) is 5.82 Å². The second kappa shape index (κ2) is 6.69. The Balaban J connectivity index is 1.58. The number of likely N-dealkylation sites (tertiary alicyclic amines) is 1. The quantitative estimate of drug-likeness (QED) is 0.747. The van der Waals surface area contributed by atoms with E-state index in [4.69, 9.17) is 5.73 Å². The summed E-state index contributed by atoms with van der Waals surface area (Å²) in [6, 6.07) is 0.956. The van der Waals surface area contributed by atoms with E-state index in [1.165, 1.54) is 19.3 Å². The molecule has 1 aliphatic carbocycles. The van der Waals surface area contributed by atoms with Gasteiger partial charge in [0.25, 0.3) is 0 Å². The highest BCUT2D eigenvalue weighted by Gasteiger charge is 2.24. The molecule has 2 aliphatic rings. The maximum absolute atomic E-state index is 6.03. The second-order valence-electron chi connectivity index (χ2n) is 7.05. The fraction of sp³-hybridized carbons (Fsp3) is 0.750. The Morgan fingerprint density at radius 3 is 2.77 bits per heavy atom. The lowest BCUT2D eigenvalue weighted by Crippen LogP contribution is -2.30. The highest BCUT2D eigenvalue weighted by Crippen LogP contribution is 2.24. The van der Waals surface area contributed by atoms with Crippen molar-refractivity contribution in [2.75, 3.05) is 36.0 Å². The average Bonchev–Trinajstić information content (AvgIpc) is 2.84. The van der Waals surface area contributed by atoms with Gasteiger partial charge in [-0.25, -0.2) is 4.98 Å². The summed E-state index contributed by atoms with van der Waals surface area (Å²) in [6.07, 6.45) is 6.57. The number of anilines is 3. The van der Waals surface area contributed by atoms with E-state index in [0.717, 1.165) is 31.9 Å². The molecule has 3 rings (SSSR count). The first-order valence-electron chi connectivity index (χ1n) is 8.48. The largest absolute Gasteiger partial charge is 0.394 e. The first-order valence-corrected chi connectivity index (χ1v) is 8.48. The van der Waals surface area contributed by atoms with Crippen LogP contribution in [0.3, 0.4) is 0 Å². The van der Waals surface area contributed by atoms with Gasteiger partial charge in [0, 0.05) is 31.7 Å². The summed E-state index contributed by atoms with van der Waals surface area (Å²) >= 11 is 0. The Kier molecular flexibility index (Phi) is 4.66. The van der Waals surface area contributed by atoms with E-state index in [-0.39, 0.29) is 0 Å². The molecular weight excluding hydrogens is 276 g/mol. The van der Waals surface area contributed by atoms with E-state index >= 15 is 0 Å². The van der Waals surface area contributed by atoms with Gasteiger partial charge in [-0.1, -0.05) is 13.8 Å². The Bertz CT molecular complexity index is 499. The Morgan fingerprint density at radius 1 is 1.27 bits per heavy atom. The zero-order valence-electron chi connectivity index (χ0n) is 13.7. The number of rotatable bonds is 6. The first kappa shape index (κ1) is 15.3. The van der Waals surface area contributed by atoms with E-state index in [1.807, 2.05) is 0 Å². The van der Waals surface area contributed by atoms with Crippen LogP contribution in [0.25, 0.3) is 0 Å². The van der Waals surface area contributed by atoms with Crippen molar-refractivity contribution >= 4 is 17.5 Å². The van der Waals surface area contributed by atoms with Gasteiger partial charge < -0.3 is 21.3 Å². The number of nitrogens with two attached hydrogens (primary N) is 1. The van der Waals surface area contributed by atoms with Gasteiger partial charge in [-0.05, 0) is 31.6 Å². The van der Waals surface area contributed by atoms with E-state index in [0.29, 0.717) is 29.6 Å². The number of hydrogen-bond acceptors (Lipinski definition) is 6. The molecule has 1 aliphatic heterocycles. The molecule has 0 aromatic carbocycles. The van der Waals surface area contributed by atoms with Crippen molar-refractivity contribution in [3.63, 3.8) is 0 Å². The van der Waals surface area contributed by atoms with Crippen LogP contribution in [0.4, 0.5) is 17.5 Å². The summed E-state index contributed by atoms with van der Waals surface area (Å²) in [5.41, 5.74) is 6.66. The van der Waals surface area contributed by atoms with Gasteiger partial charge in [0.05, 0.1) is 11.9 Å². The summed E-state index contributed by atoms with van der Waals surface area (Å²) in [5, 5.41) is 6.88. The van der Waals surface area contributed by atoms with Crippen LogP contribution in [0.5, 0.6) is 0 Å². The van der Waals surface area contributed by atoms with Gasteiger partial charge >= 0.3 is 0 Å². The Hall–Kier alpha value is -1.56. The molecule has 0 radical (unpaired) electrons.